The first-order chi connectivity index (χ1) is 17.8. The van der Waals surface area contributed by atoms with E-state index in [1.165, 1.54) is 0 Å². The summed E-state index contributed by atoms with van der Waals surface area (Å²) < 4.78 is 44.1. The lowest BCUT2D eigenvalue weighted by molar-refractivity contribution is -0.310. The normalized spacial score (nSPS) is 35.4. The van der Waals surface area contributed by atoms with Gasteiger partial charge in [-0.25, -0.2) is 0 Å². The molecule has 10 nitrogen and oxygen atoms in total. The highest BCUT2D eigenvalue weighted by Crippen LogP contribution is 2.71. The lowest BCUT2D eigenvalue weighted by Crippen LogP contribution is -2.69. The van der Waals surface area contributed by atoms with Crippen LogP contribution in [-0.2, 0) is 30.1 Å². The number of ether oxygens (including phenoxy) is 7. The third-order valence-electron chi connectivity index (χ3n) is 8.81. The van der Waals surface area contributed by atoms with Gasteiger partial charge in [-0.15, -0.1) is 0 Å². The van der Waals surface area contributed by atoms with E-state index in [4.69, 9.17) is 38.9 Å². The quantitative estimate of drug-likeness (QED) is 0.555. The molecule has 7 rings (SSSR count). The number of hydrogen-bond acceptors (Lipinski definition) is 10. The van der Waals surface area contributed by atoms with Gasteiger partial charge in [0.15, 0.2) is 11.9 Å². The van der Waals surface area contributed by atoms with Crippen LogP contribution in [0, 0.1) is 6.92 Å². The van der Waals surface area contributed by atoms with Crippen LogP contribution in [0.1, 0.15) is 52.9 Å². The number of hydrogen-bond donors (Lipinski definition) is 2. The van der Waals surface area contributed by atoms with E-state index < -0.39 is 35.5 Å². The van der Waals surface area contributed by atoms with E-state index in [9.17, 15) is 9.90 Å². The lowest BCUT2D eigenvalue weighted by atomic mass is 9.77. The molecule has 198 valence electrons. The van der Waals surface area contributed by atoms with Crippen molar-refractivity contribution in [3.63, 3.8) is 0 Å². The molecule has 2 bridgehead atoms. The topological polar surface area (TPSA) is 131 Å². The Hall–Kier alpha value is -2.47. The number of fused-ring (bicyclic) bond motifs is 8. The Kier molecular flexibility index (Phi) is 4.83. The summed E-state index contributed by atoms with van der Waals surface area (Å²) in [5, 5.41) is 12.6. The van der Waals surface area contributed by atoms with Gasteiger partial charge < -0.3 is 44.0 Å². The molecule has 6 atom stereocenters. The molecule has 3 N–H and O–H groups in total. The van der Waals surface area contributed by atoms with Crippen molar-refractivity contribution in [3.8, 4) is 17.2 Å². The Morgan fingerprint density at radius 1 is 1.27 bits per heavy atom. The molecule has 4 aliphatic heterocycles. The van der Waals surface area contributed by atoms with Gasteiger partial charge in [0.1, 0.15) is 29.5 Å². The number of phenolic OH excluding ortho intramolecular Hbond substituents is 1. The zero-order valence-electron chi connectivity index (χ0n) is 21.3. The van der Waals surface area contributed by atoms with Crippen molar-refractivity contribution < 1.29 is 43.1 Å². The van der Waals surface area contributed by atoms with Gasteiger partial charge in [-0.1, -0.05) is 0 Å². The first-order valence-corrected chi connectivity index (χ1v) is 12.8. The SMILES string of the molecule is COc1c2c(c(O)c3c4c(c(C)cc13)C1O[C@]3(C(C)OCCN)OC1C(OC)(O4)C31CO1)C(=O)CCC2. The van der Waals surface area contributed by atoms with Crippen molar-refractivity contribution in [2.45, 2.75) is 68.6 Å². The smallest absolute Gasteiger partial charge is 0.276 e. The third-order valence-corrected chi connectivity index (χ3v) is 8.81. The van der Waals surface area contributed by atoms with E-state index >= 15 is 0 Å². The van der Waals surface area contributed by atoms with Crippen LogP contribution in [0.15, 0.2) is 6.07 Å². The van der Waals surface area contributed by atoms with Crippen LogP contribution >= 0.6 is 0 Å². The maximum absolute atomic E-state index is 13.0. The zero-order chi connectivity index (χ0) is 25.9. The predicted molar refractivity (Wildman–Crippen MR) is 129 cm³/mol. The molecule has 37 heavy (non-hydrogen) atoms. The Morgan fingerprint density at radius 2 is 2.05 bits per heavy atom. The van der Waals surface area contributed by atoms with Crippen molar-refractivity contribution in [2.75, 3.05) is 34.0 Å². The highest BCUT2D eigenvalue weighted by molar-refractivity contribution is 6.11. The van der Waals surface area contributed by atoms with Gasteiger partial charge in [0, 0.05) is 36.6 Å². The summed E-state index contributed by atoms with van der Waals surface area (Å²) in [5.41, 5.74) is 7.24. The number of carbonyl (C=O) groups excluding carboxylic acids is 1. The highest BCUT2D eigenvalue weighted by Gasteiger charge is 2.92. The number of nitrogens with two attached hydrogens (primary N) is 1. The minimum absolute atomic E-state index is 0.105. The number of aryl methyl sites for hydroxylation is 1. The van der Waals surface area contributed by atoms with Gasteiger partial charge in [0.25, 0.3) is 5.79 Å². The molecule has 5 unspecified atom stereocenters. The maximum atomic E-state index is 13.0. The first-order valence-electron chi connectivity index (χ1n) is 12.8. The largest absolute Gasteiger partial charge is 0.506 e. The van der Waals surface area contributed by atoms with Crippen molar-refractivity contribution in [2.24, 2.45) is 5.73 Å². The third kappa shape index (κ3) is 2.54. The lowest BCUT2D eigenvalue weighted by Gasteiger charge is -2.49. The monoisotopic (exact) mass is 513 g/mol. The van der Waals surface area contributed by atoms with E-state index in [2.05, 4.69) is 0 Å². The molecule has 4 heterocycles. The Bertz CT molecular complexity index is 1350. The molecule has 0 aromatic heterocycles. The summed E-state index contributed by atoms with van der Waals surface area (Å²) in [6.07, 6.45) is -0.0172. The minimum atomic E-state index is -1.36. The van der Waals surface area contributed by atoms with Crippen LogP contribution in [0.5, 0.6) is 17.2 Å². The maximum Gasteiger partial charge on any atom is 0.276 e. The molecule has 2 aromatic carbocycles. The Morgan fingerprint density at radius 3 is 2.73 bits per heavy atom. The molecule has 3 saturated heterocycles. The standard InChI is InChI=1S/C27H31NO9/c1-12-10-15-19(20(30)18-14(21(15)31-3)6-5-7-16(18)29)22-17(12)23-24-27(32-4,35-22)25(11-34-25)26(36-23,37-24)13(2)33-9-8-28/h10,13,23-24,30H,5-9,11,28H2,1-4H3/t13?,23?,24?,25?,26-,27?/m1/s1. The number of methoxy groups -OCH3 is 2. The van der Waals surface area contributed by atoms with E-state index in [0.29, 0.717) is 60.2 Å². The number of carbonyl (C=O) groups is 1. The van der Waals surface area contributed by atoms with Gasteiger partial charge >= 0.3 is 0 Å². The summed E-state index contributed by atoms with van der Waals surface area (Å²) in [4.78, 5) is 13.0. The number of rotatable bonds is 6. The average molecular weight is 514 g/mol. The van der Waals surface area contributed by atoms with Crippen molar-refractivity contribution >= 4 is 16.6 Å². The van der Waals surface area contributed by atoms with Crippen LogP contribution < -0.4 is 15.2 Å². The van der Waals surface area contributed by atoms with Gasteiger partial charge in [0.05, 0.1) is 31.3 Å². The van der Waals surface area contributed by atoms with E-state index in [0.717, 1.165) is 16.7 Å². The van der Waals surface area contributed by atoms with Gasteiger partial charge in [-0.2, -0.15) is 0 Å². The Labute approximate surface area is 213 Å². The minimum Gasteiger partial charge on any atom is -0.506 e. The summed E-state index contributed by atoms with van der Waals surface area (Å²) >= 11 is 0. The summed E-state index contributed by atoms with van der Waals surface area (Å²) in [5.74, 6) is -1.88. The second kappa shape index (κ2) is 7.56. The van der Waals surface area contributed by atoms with Crippen molar-refractivity contribution in [1.82, 2.24) is 0 Å². The van der Waals surface area contributed by atoms with Crippen LogP contribution in [0.2, 0.25) is 0 Å². The van der Waals surface area contributed by atoms with Gasteiger partial charge in [0.2, 0.25) is 11.4 Å². The van der Waals surface area contributed by atoms with Crippen LogP contribution in [0.25, 0.3) is 10.8 Å². The van der Waals surface area contributed by atoms with E-state index in [-0.39, 0.29) is 18.1 Å². The second-order valence-electron chi connectivity index (χ2n) is 10.5. The fourth-order valence-electron chi connectivity index (χ4n) is 7.19. The second-order valence-corrected chi connectivity index (χ2v) is 10.5. The number of aromatic hydroxyl groups is 1. The number of benzene rings is 2. The summed E-state index contributed by atoms with van der Waals surface area (Å²) in [7, 11) is 3.13. The molecule has 10 heteroatoms. The van der Waals surface area contributed by atoms with Crippen LogP contribution in [0.4, 0.5) is 0 Å². The number of epoxide rings is 1. The van der Waals surface area contributed by atoms with Crippen molar-refractivity contribution in [1.29, 1.82) is 0 Å². The molecule has 1 aliphatic carbocycles. The molecule has 5 aliphatic rings. The molecule has 3 fully saturated rings. The Balaban J connectivity index is 1.49. The average Bonchev–Trinajstić information content (AvgIpc) is 3.54. The van der Waals surface area contributed by atoms with E-state index in [1.807, 2.05) is 19.9 Å². The molecule has 0 amide bonds. The molecular formula is C27H31NO9. The number of ketones is 1. The highest BCUT2D eigenvalue weighted by atomic mass is 16.9. The van der Waals surface area contributed by atoms with Gasteiger partial charge in [-0.3, -0.25) is 4.79 Å². The van der Waals surface area contributed by atoms with Crippen LogP contribution in [0.3, 0.4) is 0 Å². The zero-order valence-corrected chi connectivity index (χ0v) is 21.3. The van der Waals surface area contributed by atoms with Crippen molar-refractivity contribution in [3.05, 3.63) is 28.3 Å². The fourth-order valence-corrected chi connectivity index (χ4v) is 7.19. The molecular weight excluding hydrogens is 482 g/mol. The summed E-state index contributed by atoms with van der Waals surface area (Å²) in [6.45, 7) is 4.79. The molecule has 0 saturated carbocycles. The number of phenols is 1. The summed E-state index contributed by atoms with van der Waals surface area (Å²) in [6, 6.07) is 1.95. The first kappa shape index (κ1) is 23.6. The fraction of sp³-hybridized carbons (Fsp3) is 0.593. The van der Waals surface area contributed by atoms with Crippen LogP contribution in [-0.4, -0.2) is 74.3 Å². The molecule has 0 radical (unpaired) electrons. The molecule has 1 spiro atoms. The predicted octanol–water partition coefficient (Wildman–Crippen LogP) is 2.42. The molecule has 2 aromatic rings. The van der Waals surface area contributed by atoms with E-state index in [1.54, 1.807) is 14.2 Å². The van der Waals surface area contributed by atoms with Gasteiger partial charge in [-0.05, 0) is 38.3 Å². The number of Topliss-reactive ketones (excluding diaryl/α,β-unsaturated/α-hetero) is 1.